The molecule has 7 nitrogen and oxygen atoms in total. The first-order valence-electron chi connectivity index (χ1n) is 10.3. The summed E-state index contributed by atoms with van der Waals surface area (Å²) >= 11 is 0. The number of hydrogen-bond donors (Lipinski definition) is 4. The van der Waals surface area contributed by atoms with Crippen molar-refractivity contribution in [2.24, 2.45) is 5.73 Å². The number of benzene rings is 1. The highest BCUT2D eigenvalue weighted by Crippen LogP contribution is 2.22. The quantitative estimate of drug-likeness (QED) is 0.232. The van der Waals surface area contributed by atoms with Gasteiger partial charge in [0, 0.05) is 24.7 Å². The van der Waals surface area contributed by atoms with Crippen LogP contribution in [-0.2, 0) is 0 Å². The fraction of sp³-hybridized carbons (Fsp3) is 0.304. The van der Waals surface area contributed by atoms with Crippen molar-refractivity contribution >= 4 is 34.8 Å². The number of unbranched alkanes of at least 4 members (excludes halogenated alkanes) is 3. The molecule has 0 atom stereocenters. The van der Waals surface area contributed by atoms with Crippen molar-refractivity contribution in [2.75, 3.05) is 18.4 Å². The minimum absolute atomic E-state index is 0.0375. The predicted octanol–water partition coefficient (Wildman–Crippen LogP) is 3.96. The Balaban J connectivity index is 1.64. The molecule has 7 heteroatoms. The van der Waals surface area contributed by atoms with Crippen molar-refractivity contribution in [1.29, 1.82) is 5.41 Å². The molecule has 0 aliphatic rings. The van der Waals surface area contributed by atoms with E-state index in [1.807, 2.05) is 36.4 Å². The molecule has 3 aromatic rings. The van der Waals surface area contributed by atoms with E-state index in [-0.39, 0.29) is 5.96 Å². The summed E-state index contributed by atoms with van der Waals surface area (Å²) in [7, 11) is 0. The summed E-state index contributed by atoms with van der Waals surface area (Å²) in [5, 5.41) is 14.5. The van der Waals surface area contributed by atoms with Crippen LogP contribution in [0.5, 0.6) is 0 Å². The average molecular weight is 404 g/mol. The molecule has 2 aromatic heterocycles. The standard InChI is InChI=1S/C23H29N7/c1-17-9-11-20-19(16-17)22(27-14-5-2-3-6-15-28-23(24)25)30-21(29-20)12-10-18-8-4-7-13-26-18/h4,7-13,16H,2-3,5-6,14-15H2,1H3,(H4,24,25,28)(H,27,29,30)/b12-10+. The van der Waals surface area contributed by atoms with E-state index in [4.69, 9.17) is 16.1 Å². The molecule has 0 aliphatic carbocycles. The monoisotopic (exact) mass is 403 g/mol. The minimum Gasteiger partial charge on any atom is -0.370 e. The molecule has 0 saturated heterocycles. The number of anilines is 1. The third kappa shape index (κ3) is 6.55. The van der Waals surface area contributed by atoms with Crippen molar-refractivity contribution in [2.45, 2.75) is 32.6 Å². The lowest BCUT2D eigenvalue weighted by Crippen LogP contribution is -2.30. The van der Waals surface area contributed by atoms with Gasteiger partial charge in [0.15, 0.2) is 11.8 Å². The van der Waals surface area contributed by atoms with Crippen LogP contribution in [0.25, 0.3) is 23.1 Å². The zero-order chi connectivity index (χ0) is 21.2. The highest BCUT2D eigenvalue weighted by atomic mass is 15.0. The van der Waals surface area contributed by atoms with Crippen molar-refractivity contribution in [3.63, 3.8) is 0 Å². The van der Waals surface area contributed by atoms with E-state index in [0.29, 0.717) is 5.82 Å². The van der Waals surface area contributed by atoms with E-state index >= 15 is 0 Å². The molecular formula is C23H29N7. The summed E-state index contributed by atoms with van der Waals surface area (Å²) in [5.74, 6) is 1.56. The first-order valence-corrected chi connectivity index (χ1v) is 10.3. The van der Waals surface area contributed by atoms with E-state index in [9.17, 15) is 0 Å². The Morgan fingerprint density at radius 2 is 1.87 bits per heavy atom. The van der Waals surface area contributed by atoms with Gasteiger partial charge >= 0.3 is 0 Å². The van der Waals surface area contributed by atoms with E-state index < -0.39 is 0 Å². The average Bonchev–Trinajstić information content (AvgIpc) is 2.75. The topological polar surface area (TPSA) is 113 Å². The second kappa shape index (κ2) is 10.9. The Hall–Kier alpha value is -3.48. The van der Waals surface area contributed by atoms with Crippen LogP contribution in [-0.4, -0.2) is 34.0 Å². The fourth-order valence-electron chi connectivity index (χ4n) is 3.14. The van der Waals surface area contributed by atoms with Gasteiger partial charge in [0.2, 0.25) is 0 Å². The van der Waals surface area contributed by atoms with Gasteiger partial charge in [-0.05, 0) is 56.2 Å². The Kier molecular flexibility index (Phi) is 7.71. The maximum absolute atomic E-state index is 7.15. The highest BCUT2D eigenvalue weighted by Gasteiger charge is 2.07. The summed E-state index contributed by atoms with van der Waals surface area (Å²) in [6.07, 6.45) is 9.87. The number of pyridine rings is 1. The molecule has 3 rings (SSSR count). The molecule has 0 spiro atoms. The zero-order valence-corrected chi connectivity index (χ0v) is 17.4. The van der Waals surface area contributed by atoms with Crippen molar-refractivity contribution < 1.29 is 0 Å². The van der Waals surface area contributed by atoms with Crippen LogP contribution in [0.15, 0.2) is 42.6 Å². The van der Waals surface area contributed by atoms with Gasteiger partial charge in [-0.25, -0.2) is 9.97 Å². The van der Waals surface area contributed by atoms with Crippen LogP contribution in [0.2, 0.25) is 0 Å². The molecule has 0 radical (unpaired) electrons. The van der Waals surface area contributed by atoms with Crippen LogP contribution in [0.1, 0.15) is 42.8 Å². The van der Waals surface area contributed by atoms with Gasteiger partial charge in [-0.3, -0.25) is 10.4 Å². The van der Waals surface area contributed by atoms with Crippen LogP contribution in [0, 0.1) is 12.3 Å². The molecule has 0 aliphatic heterocycles. The maximum Gasteiger partial charge on any atom is 0.185 e. The first-order chi connectivity index (χ1) is 14.6. The number of aryl methyl sites for hydroxylation is 1. The lowest BCUT2D eigenvalue weighted by molar-refractivity contribution is 0.642. The van der Waals surface area contributed by atoms with E-state index in [2.05, 4.69) is 39.7 Å². The molecule has 0 unspecified atom stereocenters. The molecular weight excluding hydrogens is 374 g/mol. The highest BCUT2D eigenvalue weighted by molar-refractivity contribution is 5.90. The molecule has 0 fully saturated rings. The third-order valence-electron chi connectivity index (χ3n) is 4.67. The molecule has 156 valence electrons. The van der Waals surface area contributed by atoms with Crippen LogP contribution >= 0.6 is 0 Å². The molecule has 0 saturated carbocycles. The summed E-state index contributed by atoms with van der Waals surface area (Å²) in [6, 6.07) is 12.0. The molecule has 1 aromatic carbocycles. The predicted molar refractivity (Wildman–Crippen MR) is 124 cm³/mol. The van der Waals surface area contributed by atoms with E-state index in [0.717, 1.165) is 61.2 Å². The van der Waals surface area contributed by atoms with Gasteiger partial charge in [0.1, 0.15) is 5.82 Å². The van der Waals surface area contributed by atoms with E-state index in [1.165, 1.54) is 5.56 Å². The second-order valence-corrected chi connectivity index (χ2v) is 7.22. The number of nitrogens with one attached hydrogen (secondary N) is 3. The number of hydrogen-bond acceptors (Lipinski definition) is 5. The number of guanidine groups is 1. The summed E-state index contributed by atoms with van der Waals surface area (Å²) in [6.45, 7) is 3.68. The molecule has 0 bridgehead atoms. The van der Waals surface area contributed by atoms with Crippen molar-refractivity contribution in [3.8, 4) is 0 Å². The SMILES string of the molecule is Cc1ccc2nc(/C=C/c3ccccn3)nc(NCCCCCCNC(=N)N)c2c1. The van der Waals surface area contributed by atoms with Gasteiger partial charge in [0.25, 0.3) is 0 Å². The van der Waals surface area contributed by atoms with Crippen LogP contribution < -0.4 is 16.4 Å². The Bertz CT molecular complexity index is 999. The smallest absolute Gasteiger partial charge is 0.185 e. The summed E-state index contributed by atoms with van der Waals surface area (Å²) < 4.78 is 0. The van der Waals surface area contributed by atoms with E-state index in [1.54, 1.807) is 6.20 Å². The fourth-order valence-corrected chi connectivity index (χ4v) is 3.14. The molecule has 30 heavy (non-hydrogen) atoms. The van der Waals surface area contributed by atoms with Gasteiger partial charge in [0.05, 0.1) is 11.2 Å². The first kappa shape index (κ1) is 21.2. The van der Waals surface area contributed by atoms with Gasteiger partial charge in [-0.2, -0.15) is 0 Å². The zero-order valence-electron chi connectivity index (χ0n) is 17.4. The number of nitrogens with zero attached hydrogens (tertiary/aromatic N) is 3. The number of fused-ring (bicyclic) bond motifs is 1. The Labute approximate surface area is 177 Å². The summed E-state index contributed by atoms with van der Waals surface area (Å²) in [4.78, 5) is 13.7. The molecule has 5 N–H and O–H groups in total. The van der Waals surface area contributed by atoms with Crippen molar-refractivity contribution in [1.82, 2.24) is 20.3 Å². The van der Waals surface area contributed by atoms with Crippen LogP contribution in [0.3, 0.4) is 0 Å². The van der Waals surface area contributed by atoms with Crippen LogP contribution in [0.4, 0.5) is 5.82 Å². The normalized spacial score (nSPS) is 11.1. The van der Waals surface area contributed by atoms with Gasteiger partial charge in [-0.15, -0.1) is 0 Å². The Morgan fingerprint density at radius 3 is 2.63 bits per heavy atom. The number of rotatable bonds is 10. The lowest BCUT2D eigenvalue weighted by Gasteiger charge is -2.10. The third-order valence-corrected chi connectivity index (χ3v) is 4.67. The molecule has 2 heterocycles. The second-order valence-electron chi connectivity index (χ2n) is 7.22. The molecule has 0 amide bonds. The minimum atomic E-state index is 0.0375. The lowest BCUT2D eigenvalue weighted by atomic mass is 10.1. The van der Waals surface area contributed by atoms with Crippen molar-refractivity contribution in [3.05, 3.63) is 59.7 Å². The maximum atomic E-state index is 7.15. The van der Waals surface area contributed by atoms with Gasteiger partial charge in [-0.1, -0.05) is 30.5 Å². The Morgan fingerprint density at radius 1 is 1.03 bits per heavy atom. The largest absolute Gasteiger partial charge is 0.370 e. The van der Waals surface area contributed by atoms with Gasteiger partial charge < -0.3 is 16.4 Å². The number of nitrogens with two attached hydrogens (primary N) is 1. The summed E-state index contributed by atoms with van der Waals surface area (Å²) in [5.41, 5.74) is 8.27. The number of aromatic nitrogens is 3.